The third-order valence-electron chi connectivity index (χ3n) is 4.53. The second-order valence-electron chi connectivity index (χ2n) is 6.54. The first-order valence-electron chi connectivity index (χ1n) is 8.82. The lowest BCUT2D eigenvalue weighted by Gasteiger charge is -2.21. The lowest BCUT2D eigenvalue weighted by molar-refractivity contribution is -0.135. The highest BCUT2D eigenvalue weighted by atomic mass is 16.5. The van der Waals surface area contributed by atoms with Gasteiger partial charge in [-0.15, -0.1) is 5.10 Å². The summed E-state index contributed by atoms with van der Waals surface area (Å²) in [5, 5.41) is 6.66. The van der Waals surface area contributed by atoms with Gasteiger partial charge in [0.05, 0.1) is 11.1 Å². The van der Waals surface area contributed by atoms with Crippen molar-refractivity contribution in [3.05, 3.63) is 65.9 Å². The van der Waals surface area contributed by atoms with E-state index < -0.39 is 12.2 Å². The lowest BCUT2D eigenvalue weighted by Crippen LogP contribution is -2.26. The van der Waals surface area contributed by atoms with Crippen LogP contribution in [0.25, 0.3) is 10.9 Å². The molecule has 0 saturated heterocycles. The predicted octanol–water partition coefficient (Wildman–Crippen LogP) is 3.34. The number of ether oxygens (including phenoxy) is 2. The first kappa shape index (κ1) is 17.8. The Labute approximate surface area is 161 Å². The average Bonchev–Trinajstić information content (AvgIpc) is 3.24. The summed E-state index contributed by atoms with van der Waals surface area (Å²) in [6.07, 6.45) is 1.10. The smallest absolute Gasteiger partial charge is 0.308 e. The summed E-state index contributed by atoms with van der Waals surface area (Å²) in [7, 11) is 1.94. The fraction of sp³-hybridized carbons (Fsp3) is 0.190. The molecular formula is C21H19N3O4. The number of rotatable bonds is 3. The summed E-state index contributed by atoms with van der Waals surface area (Å²) < 4.78 is 13.4. The maximum Gasteiger partial charge on any atom is 0.308 e. The Kier molecular flexibility index (Phi) is 4.35. The Hall–Kier alpha value is -3.61. The molecule has 2 heterocycles. The maximum atomic E-state index is 12.2. The molecule has 0 fully saturated rings. The number of nitrogens with zero attached hydrogens (tertiary/aromatic N) is 3. The van der Waals surface area contributed by atoms with Crippen LogP contribution >= 0.6 is 0 Å². The zero-order valence-corrected chi connectivity index (χ0v) is 15.7. The Morgan fingerprint density at radius 1 is 1.07 bits per heavy atom. The summed E-state index contributed by atoms with van der Waals surface area (Å²) >= 11 is 0. The summed E-state index contributed by atoms with van der Waals surface area (Å²) in [6.45, 7) is 2.74. The quantitative estimate of drug-likeness (QED) is 0.518. The first-order chi connectivity index (χ1) is 13.5. The number of esters is 1. The number of hydrogen-bond donors (Lipinski definition) is 0. The largest absolute Gasteiger partial charge is 0.445 e. The van der Waals surface area contributed by atoms with Crippen molar-refractivity contribution < 1.29 is 19.1 Å². The van der Waals surface area contributed by atoms with E-state index in [0.29, 0.717) is 17.2 Å². The number of amides is 1. The SMILES string of the molecule is CC(=O)Oc1ccccc1C1OC(c2cn(C)c3ccccc23)=NN1C(C)=O. The minimum absolute atomic E-state index is 0.280. The molecule has 0 spiro atoms. The fourth-order valence-electron chi connectivity index (χ4n) is 3.32. The van der Waals surface area contributed by atoms with Crippen molar-refractivity contribution >= 4 is 28.7 Å². The van der Waals surface area contributed by atoms with E-state index in [0.717, 1.165) is 16.5 Å². The molecule has 3 aromatic rings. The molecule has 0 N–H and O–H groups in total. The standard InChI is InChI=1S/C21H19N3O4/c1-13(25)24-21(16-9-5-7-11-19(16)27-14(2)26)28-20(22-24)17-12-23(3)18-10-6-4-8-15(17)18/h4-12,21H,1-3H3. The lowest BCUT2D eigenvalue weighted by atomic mass is 10.1. The number of carbonyl (C=O) groups excluding carboxylic acids is 2. The number of benzene rings is 2. The summed E-state index contributed by atoms with van der Waals surface area (Å²) in [5.74, 6) is -0.0527. The monoisotopic (exact) mass is 377 g/mol. The molecule has 1 aliphatic heterocycles. The molecule has 0 radical (unpaired) electrons. The van der Waals surface area contributed by atoms with E-state index in [1.807, 2.05) is 42.1 Å². The number of aryl methyl sites for hydroxylation is 1. The van der Waals surface area contributed by atoms with E-state index in [2.05, 4.69) is 5.10 Å². The number of fused-ring (bicyclic) bond motifs is 1. The molecular weight excluding hydrogens is 358 g/mol. The van der Waals surface area contributed by atoms with E-state index in [-0.39, 0.29) is 5.91 Å². The van der Waals surface area contributed by atoms with Crippen LogP contribution in [0.2, 0.25) is 0 Å². The molecule has 1 aliphatic rings. The zero-order valence-electron chi connectivity index (χ0n) is 15.7. The van der Waals surface area contributed by atoms with Gasteiger partial charge in [0.1, 0.15) is 5.75 Å². The minimum atomic E-state index is -0.818. The van der Waals surface area contributed by atoms with E-state index in [9.17, 15) is 9.59 Å². The van der Waals surface area contributed by atoms with E-state index in [1.165, 1.54) is 18.9 Å². The topological polar surface area (TPSA) is 73.1 Å². The highest BCUT2D eigenvalue weighted by Crippen LogP contribution is 2.36. The van der Waals surface area contributed by atoms with Crippen molar-refractivity contribution in [2.75, 3.05) is 0 Å². The van der Waals surface area contributed by atoms with Crippen LogP contribution in [0.5, 0.6) is 5.75 Å². The third-order valence-corrected chi connectivity index (χ3v) is 4.53. The van der Waals surface area contributed by atoms with Gasteiger partial charge in [0, 0.05) is 38.0 Å². The van der Waals surface area contributed by atoms with Gasteiger partial charge in [-0.2, -0.15) is 5.01 Å². The van der Waals surface area contributed by atoms with Crippen LogP contribution in [0, 0.1) is 0 Å². The van der Waals surface area contributed by atoms with E-state index in [1.54, 1.807) is 24.3 Å². The first-order valence-corrected chi connectivity index (χ1v) is 8.82. The van der Waals surface area contributed by atoms with Crippen LogP contribution < -0.4 is 4.74 Å². The molecule has 1 unspecified atom stereocenters. The molecule has 1 aromatic heterocycles. The summed E-state index contributed by atoms with van der Waals surface area (Å²) in [6, 6.07) is 14.8. The number of aromatic nitrogens is 1. The molecule has 0 saturated carbocycles. The van der Waals surface area contributed by atoms with Crippen LogP contribution in [-0.4, -0.2) is 27.4 Å². The number of hydrogen-bond acceptors (Lipinski definition) is 5. The molecule has 0 bridgehead atoms. The third kappa shape index (κ3) is 3.00. The Morgan fingerprint density at radius 3 is 2.54 bits per heavy atom. The van der Waals surface area contributed by atoms with Gasteiger partial charge in [-0.05, 0) is 18.2 Å². The molecule has 7 heteroatoms. The highest BCUT2D eigenvalue weighted by Gasteiger charge is 2.36. The molecule has 7 nitrogen and oxygen atoms in total. The second kappa shape index (κ2) is 6.84. The van der Waals surface area contributed by atoms with Crippen LogP contribution in [0.1, 0.15) is 31.2 Å². The molecule has 0 aliphatic carbocycles. The molecule has 28 heavy (non-hydrogen) atoms. The van der Waals surface area contributed by atoms with Crippen LogP contribution in [-0.2, 0) is 21.4 Å². The van der Waals surface area contributed by atoms with Gasteiger partial charge < -0.3 is 14.0 Å². The molecule has 142 valence electrons. The van der Waals surface area contributed by atoms with Gasteiger partial charge in [-0.3, -0.25) is 9.59 Å². The van der Waals surface area contributed by atoms with Gasteiger partial charge in [-0.25, -0.2) is 0 Å². The maximum absolute atomic E-state index is 12.2. The van der Waals surface area contributed by atoms with Crippen LogP contribution in [0.15, 0.2) is 59.8 Å². The zero-order chi connectivity index (χ0) is 19.8. The molecule has 2 aromatic carbocycles. The Bertz CT molecular complexity index is 1120. The minimum Gasteiger partial charge on any atom is -0.445 e. The van der Waals surface area contributed by atoms with E-state index in [4.69, 9.17) is 9.47 Å². The summed E-state index contributed by atoms with van der Waals surface area (Å²) in [5.41, 5.74) is 2.37. The fourth-order valence-corrected chi connectivity index (χ4v) is 3.32. The van der Waals surface area contributed by atoms with Crippen molar-refractivity contribution in [3.8, 4) is 5.75 Å². The number of hydrazone groups is 1. The van der Waals surface area contributed by atoms with Crippen molar-refractivity contribution in [1.29, 1.82) is 0 Å². The number of para-hydroxylation sites is 2. The Morgan fingerprint density at radius 2 is 1.79 bits per heavy atom. The van der Waals surface area contributed by atoms with Gasteiger partial charge in [0.25, 0.3) is 0 Å². The number of carbonyl (C=O) groups is 2. The van der Waals surface area contributed by atoms with Crippen molar-refractivity contribution in [2.24, 2.45) is 12.1 Å². The van der Waals surface area contributed by atoms with Crippen molar-refractivity contribution in [1.82, 2.24) is 9.58 Å². The molecule has 4 rings (SSSR count). The molecule has 1 amide bonds. The Balaban J connectivity index is 1.77. The van der Waals surface area contributed by atoms with Crippen molar-refractivity contribution in [3.63, 3.8) is 0 Å². The molecule has 1 atom stereocenters. The second-order valence-corrected chi connectivity index (χ2v) is 6.54. The van der Waals surface area contributed by atoms with Gasteiger partial charge in [0.2, 0.25) is 18.0 Å². The van der Waals surface area contributed by atoms with Crippen molar-refractivity contribution in [2.45, 2.75) is 20.1 Å². The van der Waals surface area contributed by atoms with Gasteiger partial charge >= 0.3 is 5.97 Å². The van der Waals surface area contributed by atoms with Crippen LogP contribution in [0.3, 0.4) is 0 Å². The predicted molar refractivity (Wildman–Crippen MR) is 104 cm³/mol. The highest BCUT2D eigenvalue weighted by molar-refractivity contribution is 6.07. The average molecular weight is 377 g/mol. The summed E-state index contributed by atoms with van der Waals surface area (Å²) in [4.78, 5) is 23.7. The van der Waals surface area contributed by atoms with E-state index >= 15 is 0 Å². The van der Waals surface area contributed by atoms with Crippen LogP contribution in [0.4, 0.5) is 0 Å². The van der Waals surface area contributed by atoms with Gasteiger partial charge in [0.15, 0.2) is 0 Å². The van der Waals surface area contributed by atoms with Gasteiger partial charge in [-0.1, -0.05) is 30.3 Å². The normalized spacial score (nSPS) is 16.0.